The molecule has 5 nitrogen and oxygen atoms in total. The molecule has 1 aliphatic rings. The van der Waals surface area contributed by atoms with Crippen LogP contribution in [-0.4, -0.2) is 40.3 Å². The molecule has 128 valence electrons. The standard InChI is InChI=1S/C19H25N3O2/c1-4-24-18-8-6-5-7-16(18)15-9-11-22(12-10-15)19(23)17-13-20-21(3)14(17)2/h5-8,13,15H,4,9-12H2,1-3H3. The van der Waals surface area contributed by atoms with Crippen LogP contribution in [0.5, 0.6) is 5.75 Å². The fourth-order valence-electron chi connectivity index (χ4n) is 3.38. The first kappa shape index (κ1) is 16.6. The molecule has 0 spiro atoms. The number of hydrogen-bond acceptors (Lipinski definition) is 3. The highest BCUT2D eigenvalue weighted by Gasteiger charge is 2.27. The molecule has 1 aromatic carbocycles. The van der Waals surface area contributed by atoms with Crippen LogP contribution < -0.4 is 4.74 Å². The number of aromatic nitrogens is 2. The molecule has 0 radical (unpaired) electrons. The Morgan fingerprint density at radius 2 is 2.00 bits per heavy atom. The minimum absolute atomic E-state index is 0.0946. The maximum Gasteiger partial charge on any atom is 0.257 e. The van der Waals surface area contributed by atoms with Crippen molar-refractivity contribution in [3.8, 4) is 5.75 Å². The van der Waals surface area contributed by atoms with Crippen molar-refractivity contribution < 1.29 is 9.53 Å². The molecule has 2 aromatic rings. The average Bonchev–Trinajstić information content (AvgIpc) is 2.94. The van der Waals surface area contributed by atoms with E-state index in [0.29, 0.717) is 18.1 Å². The van der Waals surface area contributed by atoms with Gasteiger partial charge in [-0.05, 0) is 44.2 Å². The highest BCUT2D eigenvalue weighted by atomic mass is 16.5. The van der Waals surface area contributed by atoms with Crippen LogP contribution in [-0.2, 0) is 7.05 Å². The molecule has 0 bridgehead atoms. The predicted molar refractivity (Wildman–Crippen MR) is 93.4 cm³/mol. The van der Waals surface area contributed by atoms with E-state index in [4.69, 9.17) is 4.74 Å². The molecule has 2 heterocycles. The molecule has 5 heteroatoms. The summed E-state index contributed by atoms with van der Waals surface area (Å²) < 4.78 is 7.51. The molecule has 1 saturated heterocycles. The molecule has 0 atom stereocenters. The van der Waals surface area contributed by atoms with Crippen LogP contribution in [0.15, 0.2) is 30.5 Å². The van der Waals surface area contributed by atoms with Gasteiger partial charge in [0.2, 0.25) is 0 Å². The van der Waals surface area contributed by atoms with Gasteiger partial charge in [0.05, 0.1) is 18.4 Å². The van der Waals surface area contributed by atoms with Crippen LogP contribution in [0, 0.1) is 6.92 Å². The van der Waals surface area contributed by atoms with Gasteiger partial charge in [-0.2, -0.15) is 5.10 Å². The Hall–Kier alpha value is -2.30. The average molecular weight is 327 g/mol. The van der Waals surface area contributed by atoms with Gasteiger partial charge in [-0.3, -0.25) is 9.48 Å². The van der Waals surface area contributed by atoms with Gasteiger partial charge in [-0.15, -0.1) is 0 Å². The SMILES string of the molecule is CCOc1ccccc1C1CCN(C(=O)c2cnn(C)c2C)CC1. The van der Waals surface area contributed by atoms with E-state index in [0.717, 1.165) is 37.4 Å². The summed E-state index contributed by atoms with van der Waals surface area (Å²) in [5.74, 6) is 1.52. The molecule has 24 heavy (non-hydrogen) atoms. The lowest BCUT2D eigenvalue weighted by atomic mass is 9.88. The number of rotatable bonds is 4. The number of hydrogen-bond donors (Lipinski definition) is 0. The molecule has 0 unspecified atom stereocenters. The lowest BCUT2D eigenvalue weighted by Crippen LogP contribution is -2.38. The number of para-hydroxylation sites is 1. The van der Waals surface area contributed by atoms with E-state index in [1.165, 1.54) is 5.56 Å². The fraction of sp³-hybridized carbons (Fsp3) is 0.474. The molecule has 1 aromatic heterocycles. The summed E-state index contributed by atoms with van der Waals surface area (Å²) in [6, 6.07) is 8.26. The third-order valence-corrected chi connectivity index (χ3v) is 4.91. The van der Waals surface area contributed by atoms with Gasteiger partial charge in [-0.1, -0.05) is 18.2 Å². The van der Waals surface area contributed by atoms with Crippen molar-refractivity contribution in [3.05, 3.63) is 47.3 Å². The number of piperidine rings is 1. The van der Waals surface area contributed by atoms with Gasteiger partial charge in [-0.25, -0.2) is 0 Å². The molecular formula is C19H25N3O2. The topological polar surface area (TPSA) is 47.4 Å². The van der Waals surface area contributed by atoms with Gasteiger partial charge in [0.15, 0.2) is 0 Å². The second-order valence-electron chi connectivity index (χ2n) is 6.30. The molecule has 3 rings (SSSR count). The fourth-order valence-corrected chi connectivity index (χ4v) is 3.38. The monoisotopic (exact) mass is 327 g/mol. The summed E-state index contributed by atoms with van der Waals surface area (Å²) in [5.41, 5.74) is 2.90. The van der Waals surface area contributed by atoms with Crippen LogP contribution in [0.3, 0.4) is 0 Å². The second-order valence-corrected chi connectivity index (χ2v) is 6.30. The summed E-state index contributed by atoms with van der Waals surface area (Å²) in [4.78, 5) is 14.6. The van der Waals surface area contributed by atoms with Crippen LogP contribution in [0.2, 0.25) is 0 Å². The Kier molecular flexibility index (Phi) is 4.88. The quantitative estimate of drug-likeness (QED) is 0.867. The predicted octanol–water partition coefficient (Wildman–Crippen LogP) is 3.15. The van der Waals surface area contributed by atoms with E-state index in [-0.39, 0.29) is 5.91 Å². The molecule has 1 amide bonds. The summed E-state index contributed by atoms with van der Waals surface area (Å²) in [6.07, 6.45) is 3.61. The maximum absolute atomic E-state index is 12.7. The number of benzene rings is 1. The number of amides is 1. The summed E-state index contributed by atoms with van der Waals surface area (Å²) in [6.45, 7) is 6.17. The minimum atomic E-state index is 0.0946. The first-order valence-electron chi connectivity index (χ1n) is 8.61. The Labute approximate surface area is 143 Å². The third-order valence-electron chi connectivity index (χ3n) is 4.91. The zero-order valence-electron chi connectivity index (χ0n) is 14.7. The normalized spacial score (nSPS) is 15.5. The molecule has 1 fully saturated rings. The summed E-state index contributed by atoms with van der Waals surface area (Å²) in [7, 11) is 1.86. The van der Waals surface area contributed by atoms with Crippen LogP contribution >= 0.6 is 0 Å². The Balaban J connectivity index is 1.68. The summed E-state index contributed by atoms with van der Waals surface area (Å²) in [5, 5.41) is 4.18. The number of likely N-dealkylation sites (tertiary alicyclic amines) is 1. The second kappa shape index (κ2) is 7.07. The molecule has 0 saturated carbocycles. The Bertz CT molecular complexity index is 715. The van der Waals surface area contributed by atoms with E-state index in [1.54, 1.807) is 10.9 Å². The minimum Gasteiger partial charge on any atom is -0.494 e. The van der Waals surface area contributed by atoms with Crippen LogP contribution in [0.25, 0.3) is 0 Å². The van der Waals surface area contributed by atoms with Crippen molar-refractivity contribution in [2.75, 3.05) is 19.7 Å². The van der Waals surface area contributed by atoms with Gasteiger partial charge in [0.1, 0.15) is 5.75 Å². The third kappa shape index (κ3) is 3.16. The zero-order valence-corrected chi connectivity index (χ0v) is 14.7. The van der Waals surface area contributed by atoms with E-state index >= 15 is 0 Å². The maximum atomic E-state index is 12.7. The number of nitrogens with zero attached hydrogens (tertiary/aromatic N) is 3. The Morgan fingerprint density at radius 1 is 1.29 bits per heavy atom. The Morgan fingerprint density at radius 3 is 2.62 bits per heavy atom. The zero-order chi connectivity index (χ0) is 17.1. The van der Waals surface area contributed by atoms with Crippen molar-refractivity contribution in [2.45, 2.75) is 32.6 Å². The molecule has 0 aliphatic carbocycles. The highest BCUT2D eigenvalue weighted by molar-refractivity contribution is 5.95. The number of aryl methyl sites for hydroxylation is 1. The van der Waals surface area contributed by atoms with Crippen molar-refractivity contribution in [1.29, 1.82) is 0 Å². The van der Waals surface area contributed by atoms with E-state index in [1.807, 2.05) is 37.9 Å². The number of ether oxygens (including phenoxy) is 1. The summed E-state index contributed by atoms with van der Waals surface area (Å²) >= 11 is 0. The first-order valence-corrected chi connectivity index (χ1v) is 8.61. The smallest absolute Gasteiger partial charge is 0.257 e. The van der Waals surface area contributed by atoms with Crippen molar-refractivity contribution >= 4 is 5.91 Å². The van der Waals surface area contributed by atoms with Gasteiger partial charge in [0, 0.05) is 25.8 Å². The highest BCUT2D eigenvalue weighted by Crippen LogP contribution is 2.34. The van der Waals surface area contributed by atoms with Crippen LogP contribution in [0.1, 0.15) is 47.3 Å². The van der Waals surface area contributed by atoms with E-state index < -0.39 is 0 Å². The van der Waals surface area contributed by atoms with Gasteiger partial charge in [0.25, 0.3) is 5.91 Å². The van der Waals surface area contributed by atoms with Crippen molar-refractivity contribution in [1.82, 2.24) is 14.7 Å². The molecular weight excluding hydrogens is 302 g/mol. The number of carbonyl (C=O) groups is 1. The molecule has 0 N–H and O–H groups in total. The largest absolute Gasteiger partial charge is 0.494 e. The number of carbonyl (C=O) groups excluding carboxylic acids is 1. The lowest BCUT2D eigenvalue weighted by molar-refractivity contribution is 0.0711. The van der Waals surface area contributed by atoms with E-state index in [2.05, 4.69) is 17.2 Å². The molecule has 1 aliphatic heterocycles. The van der Waals surface area contributed by atoms with Crippen molar-refractivity contribution in [3.63, 3.8) is 0 Å². The first-order chi connectivity index (χ1) is 11.6. The van der Waals surface area contributed by atoms with Gasteiger partial charge >= 0.3 is 0 Å². The van der Waals surface area contributed by atoms with E-state index in [9.17, 15) is 4.79 Å². The van der Waals surface area contributed by atoms with Crippen LogP contribution in [0.4, 0.5) is 0 Å². The van der Waals surface area contributed by atoms with Gasteiger partial charge < -0.3 is 9.64 Å². The van der Waals surface area contributed by atoms with Crippen molar-refractivity contribution in [2.24, 2.45) is 7.05 Å². The lowest BCUT2D eigenvalue weighted by Gasteiger charge is -2.32.